The summed E-state index contributed by atoms with van der Waals surface area (Å²) in [6.45, 7) is 7.84. The van der Waals surface area contributed by atoms with Crippen molar-refractivity contribution in [1.82, 2.24) is 0 Å². The Bertz CT molecular complexity index is 519. The highest BCUT2D eigenvalue weighted by Gasteiger charge is 2.33. The van der Waals surface area contributed by atoms with Crippen molar-refractivity contribution in [3.8, 4) is 0 Å². The highest BCUT2D eigenvalue weighted by atomic mass is 16.6. The minimum absolute atomic E-state index is 0.0323. The van der Waals surface area contributed by atoms with Gasteiger partial charge in [0.15, 0.2) is 0 Å². The first-order valence-electron chi connectivity index (χ1n) is 8.09. The Balaban J connectivity index is 2.74. The highest BCUT2D eigenvalue weighted by Crippen LogP contribution is 2.23. The summed E-state index contributed by atoms with van der Waals surface area (Å²) in [5, 5.41) is 0. The molecule has 4 nitrogen and oxygen atoms in total. The molecule has 2 unspecified atom stereocenters. The SMILES string of the molecule is CCOC(=O)C(C(C)C)C(CC)OC(=O)C=Cc1ccccc1. The van der Waals surface area contributed by atoms with Crippen molar-refractivity contribution in [3.63, 3.8) is 0 Å². The number of carbonyl (C=O) groups excluding carboxylic acids is 2. The van der Waals surface area contributed by atoms with Crippen molar-refractivity contribution >= 4 is 18.0 Å². The molecule has 4 heteroatoms. The van der Waals surface area contributed by atoms with Crippen molar-refractivity contribution in [2.24, 2.45) is 11.8 Å². The molecule has 0 aliphatic carbocycles. The number of hydrogen-bond acceptors (Lipinski definition) is 4. The van der Waals surface area contributed by atoms with Crippen LogP contribution in [0.1, 0.15) is 39.7 Å². The van der Waals surface area contributed by atoms with Gasteiger partial charge in [0.05, 0.1) is 12.5 Å². The molecule has 126 valence electrons. The van der Waals surface area contributed by atoms with Gasteiger partial charge < -0.3 is 9.47 Å². The molecule has 0 bridgehead atoms. The number of rotatable bonds is 8. The monoisotopic (exact) mass is 318 g/mol. The topological polar surface area (TPSA) is 52.6 Å². The highest BCUT2D eigenvalue weighted by molar-refractivity contribution is 5.87. The molecule has 0 saturated heterocycles. The molecule has 0 fully saturated rings. The van der Waals surface area contributed by atoms with Crippen molar-refractivity contribution in [1.29, 1.82) is 0 Å². The van der Waals surface area contributed by atoms with Gasteiger partial charge in [0.25, 0.3) is 0 Å². The van der Waals surface area contributed by atoms with Crippen LogP contribution in [0.2, 0.25) is 0 Å². The van der Waals surface area contributed by atoms with Crippen molar-refractivity contribution in [2.75, 3.05) is 6.61 Å². The molecule has 0 saturated carbocycles. The largest absolute Gasteiger partial charge is 0.466 e. The van der Waals surface area contributed by atoms with Crippen molar-refractivity contribution in [2.45, 2.75) is 40.2 Å². The van der Waals surface area contributed by atoms with Gasteiger partial charge in [0, 0.05) is 6.08 Å². The first-order valence-corrected chi connectivity index (χ1v) is 8.09. The molecule has 2 atom stereocenters. The molecule has 1 rings (SSSR count). The summed E-state index contributed by atoms with van der Waals surface area (Å²) in [6.07, 6.45) is 3.17. The van der Waals surface area contributed by atoms with E-state index in [1.807, 2.05) is 51.1 Å². The van der Waals surface area contributed by atoms with Crippen LogP contribution in [0.25, 0.3) is 6.08 Å². The van der Waals surface area contributed by atoms with Crippen LogP contribution in [0, 0.1) is 11.8 Å². The first kappa shape index (κ1) is 18.9. The number of ether oxygens (including phenoxy) is 2. The third-order valence-electron chi connectivity index (χ3n) is 3.56. The predicted molar refractivity (Wildman–Crippen MR) is 90.6 cm³/mol. The summed E-state index contributed by atoms with van der Waals surface area (Å²) in [7, 11) is 0. The summed E-state index contributed by atoms with van der Waals surface area (Å²) in [4.78, 5) is 24.1. The Morgan fingerprint density at radius 2 is 1.78 bits per heavy atom. The lowest BCUT2D eigenvalue weighted by molar-refractivity contribution is -0.161. The summed E-state index contributed by atoms with van der Waals surface area (Å²) in [5.74, 6) is -1.18. The van der Waals surface area contributed by atoms with E-state index >= 15 is 0 Å². The van der Waals surface area contributed by atoms with E-state index in [0.29, 0.717) is 13.0 Å². The maximum absolute atomic E-state index is 12.1. The molecule has 0 aromatic heterocycles. The van der Waals surface area contributed by atoms with E-state index in [9.17, 15) is 9.59 Å². The van der Waals surface area contributed by atoms with E-state index in [0.717, 1.165) is 5.56 Å². The van der Waals surface area contributed by atoms with Crippen LogP contribution in [-0.2, 0) is 19.1 Å². The Morgan fingerprint density at radius 3 is 2.30 bits per heavy atom. The molecular formula is C19H26O4. The molecule has 0 aliphatic rings. The molecule has 1 aromatic rings. The molecule has 0 radical (unpaired) electrons. The van der Waals surface area contributed by atoms with Gasteiger partial charge in [-0.25, -0.2) is 4.79 Å². The molecule has 1 aromatic carbocycles. The van der Waals surface area contributed by atoms with Gasteiger partial charge in [0.2, 0.25) is 0 Å². The van der Waals surface area contributed by atoms with E-state index in [4.69, 9.17) is 9.47 Å². The summed E-state index contributed by atoms with van der Waals surface area (Å²) >= 11 is 0. The van der Waals surface area contributed by atoms with Crippen molar-refractivity contribution in [3.05, 3.63) is 42.0 Å². The van der Waals surface area contributed by atoms with Crippen LogP contribution in [0.15, 0.2) is 36.4 Å². The van der Waals surface area contributed by atoms with Crippen LogP contribution >= 0.6 is 0 Å². The van der Waals surface area contributed by atoms with Crippen LogP contribution in [0.5, 0.6) is 0 Å². The second-order valence-corrected chi connectivity index (χ2v) is 5.65. The number of carbonyl (C=O) groups is 2. The third kappa shape index (κ3) is 6.27. The molecule has 0 spiro atoms. The fourth-order valence-electron chi connectivity index (χ4n) is 2.42. The molecule has 0 aliphatic heterocycles. The summed E-state index contributed by atoms with van der Waals surface area (Å²) < 4.78 is 10.6. The molecule has 0 N–H and O–H groups in total. The van der Waals surface area contributed by atoms with E-state index in [1.165, 1.54) is 6.08 Å². The van der Waals surface area contributed by atoms with Gasteiger partial charge in [-0.3, -0.25) is 4.79 Å². The Hall–Kier alpha value is -2.10. The molecular weight excluding hydrogens is 292 g/mol. The Labute approximate surface area is 138 Å². The molecule has 23 heavy (non-hydrogen) atoms. The quantitative estimate of drug-likeness (QED) is 0.539. The van der Waals surface area contributed by atoms with Crippen LogP contribution in [-0.4, -0.2) is 24.6 Å². The molecule has 0 heterocycles. The van der Waals surface area contributed by atoms with Gasteiger partial charge in [-0.2, -0.15) is 0 Å². The van der Waals surface area contributed by atoms with E-state index in [1.54, 1.807) is 13.0 Å². The first-order chi connectivity index (χ1) is 11.0. The maximum Gasteiger partial charge on any atom is 0.331 e. The van der Waals surface area contributed by atoms with E-state index < -0.39 is 18.0 Å². The average molecular weight is 318 g/mol. The van der Waals surface area contributed by atoms with Gasteiger partial charge in [-0.05, 0) is 30.9 Å². The zero-order chi connectivity index (χ0) is 17.2. The fraction of sp³-hybridized carbons (Fsp3) is 0.474. The maximum atomic E-state index is 12.1. The zero-order valence-corrected chi connectivity index (χ0v) is 14.3. The van der Waals surface area contributed by atoms with E-state index in [2.05, 4.69) is 0 Å². The van der Waals surface area contributed by atoms with Crippen LogP contribution < -0.4 is 0 Å². The summed E-state index contributed by atoms with van der Waals surface area (Å²) in [5.41, 5.74) is 0.920. The molecule has 0 amide bonds. The van der Waals surface area contributed by atoms with Gasteiger partial charge in [-0.1, -0.05) is 51.1 Å². The second kappa shape index (κ2) is 9.82. The lowest BCUT2D eigenvalue weighted by atomic mass is 9.89. The normalized spacial score (nSPS) is 13.8. The zero-order valence-electron chi connectivity index (χ0n) is 14.3. The van der Waals surface area contributed by atoms with E-state index in [-0.39, 0.29) is 11.9 Å². The third-order valence-corrected chi connectivity index (χ3v) is 3.56. The lowest BCUT2D eigenvalue weighted by Gasteiger charge is -2.27. The minimum atomic E-state index is -0.484. The Kier molecular flexibility index (Phi) is 8.09. The van der Waals surface area contributed by atoms with Crippen molar-refractivity contribution < 1.29 is 19.1 Å². The summed E-state index contributed by atoms with van der Waals surface area (Å²) in [6, 6.07) is 9.51. The van der Waals surface area contributed by atoms with Crippen LogP contribution in [0.4, 0.5) is 0 Å². The standard InChI is InChI=1S/C19H26O4/c1-5-16(18(14(3)4)19(21)22-6-2)23-17(20)13-12-15-10-8-7-9-11-15/h7-14,16,18H,5-6H2,1-4H3. The predicted octanol–water partition coefficient (Wildman–Crippen LogP) is 3.86. The van der Waals surface area contributed by atoms with Gasteiger partial charge in [0.1, 0.15) is 6.10 Å². The fourth-order valence-corrected chi connectivity index (χ4v) is 2.42. The minimum Gasteiger partial charge on any atom is -0.466 e. The average Bonchev–Trinajstić information content (AvgIpc) is 2.53. The smallest absolute Gasteiger partial charge is 0.331 e. The lowest BCUT2D eigenvalue weighted by Crippen LogP contribution is -2.36. The number of benzene rings is 1. The van der Waals surface area contributed by atoms with Gasteiger partial charge in [-0.15, -0.1) is 0 Å². The Morgan fingerprint density at radius 1 is 1.13 bits per heavy atom. The number of esters is 2. The second-order valence-electron chi connectivity index (χ2n) is 5.65. The van der Waals surface area contributed by atoms with Crippen LogP contribution in [0.3, 0.4) is 0 Å². The van der Waals surface area contributed by atoms with Gasteiger partial charge >= 0.3 is 11.9 Å². The number of hydrogen-bond donors (Lipinski definition) is 0.